The molecule has 0 radical (unpaired) electrons. The number of aryl methyl sites for hydroxylation is 1. The van der Waals surface area contributed by atoms with Gasteiger partial charge in [-0.2, -0.15) is 5.26 Å². The van der Waals surface area contributed by atoms with Crippen molar-refractivity contribution in [3.05, 3.63) is 128 Å². The van der Waals surface area contributed by atoms with E-state index in [2.05, 4.69) is 4.98 Å². The van der Waals surface area contributed by atoms with Crippen molar-refractivity contribution in [2.45, 2.75) is 83.6 Å². The lowest BCUT2D eigenvalue weighted by atomic mass is 9.80. The molecule has 3 aromatic carbocycles. The Labute approximate surface area is 315 Å². The Morgan fingerprint density at radius 2 is 1.48 bits per heavy atom. The number of ether oxygens (including phenoxy) is 4. The smallest absolute Gasteiger partial charge is 0.409 e. The average Bonchev–Trinajstić information content (AvgIpc) is 3.55. The molecule has 14 heteroatoms. The summed E-state index contributed by atoms with van der Waals surface area (Å²) < 4.78 is 55.1. The number of hydrogen-bond donors (Lipinski definition) is 1. The number of nitrogens with one attached hydrogen (secondary N) is 1. The average molecular weight is 761 g/mol. The number of nitrogens with zero attached hydrogens (tertiary/aromatic N) is 3. The van der Waals surface area contributed by atoms with Crippen LogP contribution in [0.5, 0.6) is 11.5 Å². The second-order valence-electron chi connectivity index (χ2n) is 13.6. The van der Waals surface area contributed by atoms with Crippen LogP contribution in [0.2, 0.25) is 0 Å². The van der Waals surface area contributed by atoms with Gasteiger partial charge >= 0.3 is 13.4 Å². The van der Waals surface area contributed by atoms with Gasteiger partial charge in [0, 0.05) is 30.3 Å². The summed E-state index contributed by atoms with van der Waals surface area (Å²) in [5.41, 5.74) is 0.321. The third-order valence-electron chi connectivity index (χ3n) is 9.35. The highest BCUT2D eigenvalue weighted by molar-refractivity contribution is 7.51. The quantitative estimate of drug-likeness (QED) is 0.0695. The van der Waals surface area contributed by atoms with Crippen molar-refractivity contribution in [3.8, 4) is 17.6 Å². The second kappa shape index (κ2) is 17.7. The summed E-state index contributed by atoms with van der Waals surface area (Å²) in [6, 6.07) is 26.4. The highest BCUT2D eigenvalue weighted by Gasteiger charge is 2.48. The molecule has 1 aliphatic heterocycles. The zero-order valence-corrected chi connectivity index (χ0v) is 32.7. The molecule has 0 aliphatic carbocycles. The van der Waals surface area contributed by atoms with Gasteiger partial charge in [-0.25, -0.2) is 14.0 Å². The molecule has 4 atom stereocenters. The maximum absolute atomic E-state index is 14.9. The first-order chi connectivity index (χ1) is 25.9. The predicted octanol–water partition coefficient (Wildman–Crippen LogP) is 6.70. The molecule has 1 aliphatic rings. The summed E-state index contributed by atoms with van der Waals surface area (Å²) >= 11 is 0. The number of benzene rings is 3. The molecular weight excluding hydrogens is 711 g/mol. The number of methoxy groups -OCH3 is 2. The van der Waals surface area contributed by atoms with Crippen LogP contribution >= 0.6 is 7.75 Å². The maximum Gasteiger partial charge on any atom is 0.409 e. The first-order valence-corrected chi connectivity index (χ1v) is 19.4. The summed E-state index contributed by atoms with van der Waals surface area (Å²) in [7, 11) is -0.884. The summed E-state index contributed by atoms with van der Waals surface area (Å²) in [4.78, 5) is 27.8. The van der Waals surface area contributed by atoms with Crippen LogP contribution in [0.25, 0.3) is 0 Å². The molecule has 0 bridgehead atoms. The van der Waals surface area contributed by atoms with Crippen molar-refractivity contribution in [3.63, 3.8) is 0 Å². The van der Waals surface area contributed by atoms with Crippen molar-refractivity contribution >= 4 is 7.75 Å². The third-order valence-corrected chi connectivity index (χ3v) is 11.9. The Morgan fingerprint density at radius 3 is 2.00 bits per heavy atom. The van der Waals surface area contributed by atoms with Crippen LogP contribution in [-0.2, 0) is 28.7 Å². The monoisotopic (exact) mass is 760 g/mol. The Bertz CT molecular complexity index is 1990. The highest BCUT2D eigenvalue weighted by Crippen LogP contribution is 2.57. The Hall–Kier alpha value is -4.54. The van der Waals surface area contributed by atoms with Crippen molar-refractivity contribution in [1.29, 1.82) is 5.26 Å². The third kappa shape index (κ3) is 8.71. The fourth-order valence-corrected chi connectivity index (χ4v) is 9.23. The number of H-pyrrole nitrogens is 1. The molecule has 54 heavy (non-hydrogen) atoms. The van der Waals surface area contributed by atoms with Gasteiger partial charge in [-0.3, -0.25) is 23.4 Å². The first-order valence-electron chi connectivity index (χ1n) is 17.9. The van der Waals surface area contributed by atoms with E-state index in [0.29, 0.717) is 17.1 Å². The van der Waals surface area contributed by atoms with E-state index in [1.54, 1.807) is 25.8 Å². The molecular formula is C40H49N4O9P. The van der Waals surface area contributed by atoms with Gasteiger partial charge in [0.15, 0.2) is 0 Å². The molecule has 4 aromatic rings. The summed E-state index contributed by atoms with van der Waals surface area (Å²) in [6.07, 6.45) is -1.24. The summed E-state index contributed by atoms with van der Waals surface area (Å²) in [5, 5.41) is 9.28. The molecule has 1 saturated heterocycles. The van der Waals surface area contributed by atoms with E-state index < -0.39 is 43.0 Å². The Balaban J connectivity index is 1.63. The Kier molecular flexibility index (Phi) is 13.3. The molecule has 1 fully saturated rings. The van der Waals surface area contributed by atoms with Crippen molar-refractivity contribution < 1.29 is 32.6 Å². The maximum atomic E-state index is 14.9. The number of hydrogen-bond acceptors (Lipinski definition) is 10. The number of nitriles is 1. The Morgan fingerprint density at radius 1 is 0.926 bits per heavy atom. The molecule has 0 amide bonds. The molecule has 2 heterocycles. The zero-order chi connectivity index (χ0) is 39.0. The van der Waals surface area contributed by atoms with E-state index in [4.69, 9.17) is 28.0 Å². The molecule has 5 rings (SSSR count). The van der Waals surface area contributed by atoms with Gasteiger partial charge in [0.05, 0.1) is 39.9 Å². The van der Waals surface area contributed by atoms with Gasteiger partial charge in [-0.05, 0) is 75.6 Å². The predicted molar refractivity (Wildman–Crippen MR) is 204 cm³/mol. The molecule has 13 nitrogen and oxygen atoms in total. The fraction of sp³-hybridized carbons (Fsp3) is 0.425. The molecule has 288 valence electrons. The van der Waals surface area contributed by atoms with E-state index in [0.717, 1.165) is 16.7 Å². The van der Waals surface area contributed by atoms with Gasteiger partial charge in [0.2, 0.25) is 0 Å². The van der Waals surface area contributed by atoms with E-state index >= 15 is 0 Å². The highest BCUT2D eigenvalue weighted by atomic mass is 31.2. The van der Waals surface area contributed by atoms with Crippen LogP contribution in [0.4, 0.5) is 0 Å². The standard InChI is InChI=1S/C40H49N4O9P/c1-27(2)44(28(3)4)54(47,51-23-11-22-41)53-35-24-37(43-25-29(5)38(45)42-39(43)46)52-36(35)26-50-40(30-12-9-8-10-13-30,31-14-18-33(48-6)19-15-31)32-16-20-34(49-7)21-17-32/h8-10,12-21,25,27-28,35-37H,11,23-24,26H2,1-7H3,(H,42,45,46)/t35-,36+,37+,54?/m0/s1. The first kappa shape index (κ1) is 40.6. The van der Waals surface area contributed by atoms with Crippen molar-refractivity contribution in [1.82, 2.24) is 14.2 Å². The van der Waals surface area contributed by atoms with Crippen LogP contribution in [0.15, 0.2) is 94.6 Å². The van der Waals surface area contributed by atoms with Crippen LogP contribution < -0.4 is 20.7 Å². The largest absolute Gasteiger partial charge is 0.497 e. The van der Waals surface area contributed by atoms with Crippen LogP contribution in [0.3, 0.4) is 0 Å². The van der Waals surface area contributed by atoms with E-state index in [1.807, 2.05) is 113 Å². The minimum Gasteiger partial charge on any atom is -0.497 e. The van der Waals surface area contributed by atoms with E-state index in [9.17, 15) is 19.4 Å². The van der Waals surface area contributed by atoms with Gasteiger partial charge in [-0.15, -0.1) is 0 Å². The molecule has 0 spiro atoms. The van der Waals surface area contributed by atoms with Crippen LogP contribution in [-0.4, -0.2) is 65.9 Å². The molecule has 0 saturated carbocycles. The zero-order valence-electron chi connectivity index (χ0n) is 31.8. The number of aromatic amines is 1. The van der Waals surface area contributed by atoms with Gasteiger partial charge in [0.1, 0.15) is 35.5 Å². The number of rotatable bonds is 17. The molecule has 1 aromatic heterocycles. The van der Waals surface area contributed by atoms with Gasteiger partial charge in [0.25, 0.3) is 5.56 Å². The van der Waals surface area contributed by atoms with E-state index in [-0.39, 0.29) is 38.1 Å². The minimum atomic E-state index is -4.09. The lowest BCUT2D eigenvalue weighted by Gasteiger charge is -2.39. The lowest BCUT2D eigenvalue weighted by Crippen LogP contribution is -2.40. The molecule has 1 N–H and O–H groups in total. The minimum absolute atomic E-state index is 0.00305. The lowest BCUT2D eigenvalue weighted by molar-refractivity contribution is -0.0938. The normalized spacial score (nSPS) is 18.5. The van der Waals surface area contributed by atoms with Crippen LogP contribution in [0.1, 0.15) is 69.0 Å². The summed E-state index contributed by atoms with van der Waals surface area (Å²) in [5.74, 6) is 1.33. The number of aromatic nitrogens is 2. The SMILES string of the molecule is COc1ccc(C(OC[C@H]2O[C@@H](n3cc(C)c(=O)[nH]c3=O)C[C@@H]2OP(=O)(OCCC#N)N(C(C)C)C(C)C)(c2ccccc2)c2ccc(OC)cc2)cc1. The van der Waals surface area contributed by atoms with Crippen molar-refractivity contribution in [2.24, 2.45) is 0 Å². The van der Waals surface area contributed by atoms with E-state index in [1.165, 1.54) is 10.8 Å². The van der Waals surface area contributed by atoms with Crippen LogP contribution in [0, 0.1) is 18.3 Å². The topological polar surface area (TPSA) is 154 Å². The van der Waals surface area contributed by atoms with Crippen molar-refractivity contribution in [2.75, 3.05) is 27.4 Å². The fourth-order valence-electron chi connectivity index (χ4n) is 6.90. The summed E-state index contributed by atoms with van der Waals surface area (Å²) in [6.45, 7) is 8.92. The van der Waals surface area contributed by atoms with Gasteiger partial charge in [-0.1, -0.05) is 54.6 Å². The molecule has 1 unspecified atom stereocenters. The van der Waals surface area contributed by atoms with Gasteiger partial charge < -0.3 is 18.9 Å². The second-order valence-corrected chi connectivity index (χ2v) is 15.4.